The fourth-order valence-corrected chi connectivity index (χ4v) is 3.23. The zero-order valence-electron chi connectivity index (χ0n) is 17.3. The molecule has 0 radical (unpaired) electrons. The van der Waals surface area contributed by atoms with Gasteiger partial charge in [0, 0.05) is 6.20 Å². The molecule has 6 nitrogen and oxygen atoms in total. The summed E-state index contributed by atoms with van der Waals surface area (Å²) in [6.07, 6.45) is 3.25. The van der Waals surface area contributed by atoms with Crippen LogP contribution in [0.15, 0.2) is 71.4 Å². The van der Waals surface area contributed by atoms with Crippen LogP contribution in [0, 0.1) is 19.7 Å². The number of hydrogen-bond acceptors (Lipinski definition) is 4. The number of nitrogens with zero attached hydrogens (tertiary/aromatic N) is 2. The van der Waals surface area contributed by atoms with E-state index < -0.39 is 0 Å². The minimum absolute atomic E-state index is 0.186. The van der Waals surface area contributed by atoms with Gasteiger partial charge in [-0.15, -0.1) is 0 Å². The van der Waals surface area contributed by atoms with Crippen molar-refractivity contribution in [3.8, 4) is 5.75 Å². The third-order valence-corrected chi connectivity index (χ3v) is 4.80. The molecule has 2 aromatic heterocycles. The molecule has 7 heteroatoms. The van der Waals surface area contributed by atoms with Crippen molar-refractivity contribution in [2.45, 2.75) is 27.0 Å². The Balaban J connectivity index is 1.35. The number of hydrogen-bond donors (Lipinski definition) is 1. The number of rotatable bonds is 7. The van der Waals surface area contributed by atoms with Gasteiger partial charge in [0.1, 0.15) is 23.9 Å². The molecule has 1 N–H and O–H groups in total. The minimum Gasteiger partial charge on any atom is -0.485 e. The van der Waals surface area contributed by atoms with Gasteiger partial charge in [0.15, 0.2) is 5.76 Å². The smallest absolute Gasteiger partial charge is 0.291 e. The van der Waals surface area contributed by atoms with Gasteiger partial charge in [-0.1, -0.05) is 30.3 Å². The van der Waals surface area contributed by atoms with Gasteiger partial charge in [0.25, 0.3) is 5.91 Å². The lowest BCUT2D eigenvalue weighted by Crippen LogP contribution is -2.10. The van der Waals surface area contributed by atoms with Crippen LogP contribution in [0.1, 0.15) is 33.0 Å². The van der Waals surface area contributed by atoms with Gasteiger partial charge in [-0.2, -0.15) is 5.10 Å². The summed E-state index contributed by atoms with van der Waals surface area (Å²) in [6.45, 7) is 4.67. The van der Waals surface area contributed by atoms with E-state index in [1.54, 1.807) is 41.3 Å². The number of carbonyl (C=O) groups excluding carboxylic acids is 1. The standard InChI is InChI=1S/C24H22FN3O3/c1-16-4-3-5-17(2)23(16)30-15-21-10-11-22(31-21)24(29)27-20-12-26-28(14-20)13-18-6-8-19(25)9-7-18/h3-12,14H,13,15H2,1-2H3,(H,27,29). The van der Waals surface area contributed by atoms with Crippen LogP contribution in [-0.4, -0.2) is 15.7 Å². The lowest BCUT2D eigenvalue weighted by molar-refractivity contribution is 0.0992. The maximum atomic E-state index is 13.0. The van der Waals surface area contributed by atoms with E-state index in [-0.39, 0.29) is 24.1 Å². The topological polar surface area (TPSA) is 69.3 Å². The molecule has 158 valence electrons. The number of para-hydroxylation sites is 1. The first-order chi connectivity index (χ1) is 15.0. The van der Waals surface area contributed by atoms with Crippen LogP contribution >= 0.6 is 0 Å². The van der Waals surface area contributed by atoms with Gasteiger partial charge in [-0.3, -0.25) is 9.48 Å². The maximum absolute atomic E-state index is 13.0. The third-order valence-electron chi connectivity index (χ3n) is 4.80. The van der Waals surface area contributed by atoms with E-state index >= 15 is 0 Å². The van der Waals surface area contributed by atoms with Crippen molar-refractivity contribution in [2.24, 2.45) is 0 Å². The largest absolute Gasteiger partial charge is 0.485 e. The predicted octanol–water partition coefficient (Wildman–Crippen LogP) is 5.11. The van der Waals surface area contributed by atoms with Gasteiger partial charge in [0.2, 0.25) is 0 Å². The van der Waals surface area contributed by atoms with E-state index in [9.17, 15) is 9.18 Å². The number of furan rings is 1. The molecule has 1 amide bonds. The highest BCUT2D eigenvalue weighted by Gasteiger charge is 2.14. The number of anilines is 1. The summed E-state index contributed by atoms with van der Waals surface area (Å²) in [4.78, 5) is 12.5. The molecular weight excluding hydrogens is 397 g/mol. The first-order valence-electron chi connectivity index (χ1n) is 9.84. The number of halogens is 1. The van der Waals surface area contributed by atoms with Gasteiger partial charge in [-0.25, -0.2) is 4.39 Å². The highest BCUT2D eigenvalue weighted by atomic mass is 19.1. The lowest BCUT2D eigenvalue weighted by atomic mass is 10.1. The maximum Gasteiger partial charge on any atom is 0.291 e. The molecule has 0 bridgehead atoms. The monoisotopic (exact) mass is 419 g/mol. The van der Waals surface area contributed by atoms with E-state index in [0.717, 1.165) is 22.4 Å². The number of carbonyl (C=O) groups is 1. The first-order valence-corrected chi connectivity index (χ1v) is 9.84. The summed E-state index contributed by atoms with van der Waals surface area (Å²) in [5, 5.41) is 6.98. The van der Waals surface area contributed by atoms with E-state index in [1.165, 1.54) is 12.1 Å². The van der Waals surface area contributed by atoms with Crippen molar-refractivity contribution in [3.05, 3.63) is 101 Å². The molecule has 0 atom stereocenters. The summed E-state index contributed by atoms with van der Waals surface area (Å²) in [7, 11) is 0. The Morgan fingerprint density at radius 1 is 1.10 bits per heavy atom. The number of nitrogens with one attached hydrogen (secondary N) is 1. The number of benzene rings is 2. The second-order valence-electron chi connectivity index (χ2n) is 7.28. The van der Waals surface area contributed by atoms with E-state index in [2.05, 4.69) is 10.4 Å². The molecule has 2 aromatic carbocycles. The number of aryl methyl sites for hydroxylation is 2. The van der Waals surface area contributed by atoms with Crippen LogP contribution in [-0.2, 0) is 13.2 Å². The highest BCUT2D eigenvalue weighted by molar-refractivity contribution is 6.02. The Hall–Kier alpha value is -3.87. The zero-order valence-corrected chi connectivity index (χ0v) is 17.3. The third kappa shape index (κ3) is 5.01. The second-order valence-corrected chi connectivity index (χ2v) is 7.28. The number of ether oxygens (including phenoxy) is 1. The summed E-state index contributed by atoms with van der Waals surface area (Å²) >= 11 is 0. The predicted molar refractivity (Wildman–Crippen MR) is 115 cm³/mol. The Morgan fingerprint density at radius 2 is 1.84 bits per heavy atom. The highest BCUT2D eigenvalue weighted by Crippen LogP contribution is 2.24. The van der Waals surface area contributed by atoms with Gasteiger partial charge in [0.05, 0.1) is 18.4 Å². The molecule has 4 aromatic rings. The summed E-state index contributed by atoms with van der Waals surface area (Å²) in [6, 6.07) is 15.5. The summed E-state index contributed by atoms with van der Waals surface area (Å²) in [5.41, 5.74) is 3.53. The van der Waals surface area contributed by atoms with Crippen molar-refractivity contribution in [1.82, 2.24) is 9.78 Å². The summed E-state index contributed by atoms with van der Waals surface area (Å²) in [5.74, 6) is 0.902. The molecule has 2 heterocycles. The Bertz CT molecular complexity index is 1170. The summed E-state index contributed by atoms with van der Waals surface area (Å²) < 4.78 is 26.2. The molecule has 0 aliphatic heterocycles. The molecule has 31 heavy (non-hydrogen) atoms. The molecule has 0 unspecified atom stereocenters. The van der Waals surface area contributed by atoms with Crippen LogP contribution in [0.3, 0.4) is 0 Å². The molecule has 0 spiro atoms. The van der Waals surface area contributed by atoms with Crippen LogP contribution in [0.4, 0.5) is 10.1 Å². The van der Waals surface area contributed by atoms with Crippen molar-refractivity contribution in [1.29, 1.82) is 0 Å². The Kier molecular flexibility index (Phi) is 5.84. The normalized spacial score (nSPS) is 10.8. The van der Waals surface area contributed by atoms with Crippen molar-refractivity contribution >= 4 is 11.6 Å². The Morgan fingerprint density at radius 3 is 2.58 bits per heavy atom. The van der Waals surface area contributed by atoms with Crippen LogP contribution in [0.2, 0.25) is 0 Å². The SMILES string of the molecule is Cc1cccc(C)c1OCc1ccc(C(=O)Nc2cnn(Cc3ccc(F)cc3)c2)o1. The van der Waals surface area contributed by atoms with E-state index in [0.29, 0.717) is 18.0 Å². The molecule has 0 saturated heterocycles. The van der Waals surface area contributed by atoms with Crippen molar-refractivity contribution < 1.29 is 18.3 Å². The van der Waals surface area contributed by atoms with Gasteiger partial charge in [-0.05, 0) is 54.8 Å². The number of aromatic nitrogens is 2. The molecule has 4 rings (SSSR count). The fourth-order valence-electron chi connectivity index (χ4n) is 3.23. The average Bonchev–Trinajstić information content (AvgIpc) is 3.39. The Labute approximate surface area is 179 Å². The number of amides is 1. The van der Waals surface area contributed by atoms with E-state index in [1.807, 2.05) is 32.0 Å². The van der Waals surface area contributed by atoms with Gasteiger partial charge >= 0.3 is 0 Å². The molecule has 0 aliphatic carbocycles. The van der Waals surface area contributed by atoms with E-state index in [4.69, 9.17) is 9.15 Å². The van der Waals surface area contributed by atoms with Crippen LogP contribution < -0.4 is 10.1 Å². The van der Waals surface area contributed by atoms with Crippen molar-refractivity contribution in [3.63, 3.8) is 0 Å². The second kappa shape index (κ2) is 8.87. The fraction of sp³-hybridized carbons (Fsp3) is 0.167. The zero-order chi connectivity index (χ0) is 21.8. The lowest BCUT2D eigenvalue weighted by Gasteiger charge is -2.10. The quantitative estimate of drug-likeness (QED) is 0.452. The molecule has 0 fully saturated rings. The molecule has 0 aliphatic rings. The van der Waals surface area contributed by atoms with Crippen molar-refractivity contribution in [2.75, 3.05) is 5.32 Å². The van der Waals surface area contributed by atoms with Crippen LogP contribution in [0.25, 0.3) is 0 Å². The molecular formula is C24H22FN3O3. The minimum atomic E-state index is -0.375. The molecule has 0 saturated carbocycles. The van der Waals surface area contributed by atoms with Crippen LogP contribution in [0.5, 0.6) is 5.75 Å². The average molecular weight is 419 g/mol. The van der Waals surface area contributed by atoms with Gasteiger partial charge < -0.3 is 14.5 Å². The first kappa shape index (κ1) is 20.4.